The highest BCUT2D eigenvalue weighted by atomic mass is 16.2. The van der Waals surface area contributed by atoms with Gasteiger partial charge in [0.05, 0.1) is 6.54 Å². The molecule has 0 unspecified atom stereocenters. The minimum Gasteiger partial charge on any atom is -0.329 e. The molecule has 0 bridgehead atoms. The maximum absolute atomic E-state index is 11.6. The van der Waals surface area contributed by atoms with Crippen LogP contribution in [0.3, 0.4) is 0 Å². The van der Waals surface area contributed by atoms with Gasteiger partial charge in [-0.15, -0.1) is 0 Å². The van der Waals surface area contributed by atoms with Crippen molar-refractivity contribution in [1.29, 1.82) is 0 Å². The van der Waals surface area contributed by atoms with E-state index in [1.807, 2.05) is 0 Å². The van der Waals surface area contributed by atoms with E-state index in [1.54, 1.807) is 0 Å². The van der Waals surface area contributed by atoms with E-state index in [1.165, 1.54) is 23.3 Å². The molecular formula is C18H25N3O2. The maximum Gasteiger partial charge on any atom is 0.324 e. The number of carbonyl (C=O) groups excluding carboxylic acids is 2. The molecule has 1 N–H and O–H groups in total. The van der Waals surface area contributed by atoms with Crippen LogP contribution in [0.15, 0.2) is 30.3 Å². The first-order chi connectivity index (χ1) is 11.1. The molecule has 124 valence electrons. The highest BCUT2D eigenvalue weighted by Gasteiger charge is 2.33. The highest BCUT2D eigenvalue weighted by molar-refractivity contribution is 6.01. The summed E-state index contributed by atoms with van der Waals surface area (Å²) >= 11 is 0. The molecule has 2 aliphatic heterocycles. The van der Waals surface area contributed by atoms with Crippen molar-refractivity contribution in [2.24, 2.45) is 0 Å². The molecule has 5 heteroatoms. The summed E-state index contributed by atoms with van der Waals surface area (Å²) in [6.45, 7) is 6.07. The minimum absolute atomic E-state index is 0.109. The molecule has 1 aromatic rings. The van der Waals surface area contributed by atoms with Crippen LogP contribution in [0.2, 0.25) is 0 Å². The zero-order valence-corrected chi connectivity index (χ0v) is 13.8. The Hall–Kier alpha value is -1.88. The van der Waals surface area contributed by atoms with Crippen LogP contribution in [-0.4, -0.2) is 54.5 Å². The topological polar surface area (TPSA) is 52.6 Å². The van der Waals surface area contributed by atoms with Gasteiger partial charge in [-0.1, -0.05) is 37.3 Å². The molecule has 0 spiro atoms. The van der Waals surface area contributed by atoms with Crippen molar-refractivity contribution in [3.8, 4) is 0 Å². The largest absolute Gasteiger partial charge is 0.329 e. The molecule has 2 aliphatic rings. The molecule has 0 aromatic heterocycles. The Balaban J connectivity index is 1.53. The Bertz CT molecular complexity index is 559. The Kier molecular flexibility index (Phi) is 4.66. The quantitative estimate of drug-likeness (QED) is 0.845. The van der Waals surface area contributed by atoms with Crippen LogP contribution in [0, 0.1) is 0 Å². The molecule has 3 amide bonds. The summed E-state index contributed by atoms with van der Waals surface area (Å²) in [6, 6.07) is 10.5. The van der Waals surface area contributed by atoms with Crippen molar-refractivity contribution in [1.82, 2.24) is 15.1 Å². The molecule has 5 nitrogen and oxygen atoms in total. The molecular weight excluding hydrogens is 290 g/mol. The summed E-state index contributed by atoms with van der Waals surface area (Å²) in [5, 5.41) is 2.57. The molecule has 3 rings (SSSR count). The second kappa shape index (κ2) is 6.71. The van der Waals surface area contributed by atoms with Crippen LogP contribution in [0.5, 0.6) is 0 Å². The summed E-state index contributed by atoms with van der Waals surface area (Å²) in [6.07, 6.45) is 3.24. The fourth-order valence-electron chi connectivity index (χ4n) is 3.75. The number of piperidine rings is 1. The summed E-state index contributed by atoms with van der Waals surface area (Å²) < 4.78 is 0. The molecule has 0 aliphatic carbocycles. The number of hydrogen-bond donors (Lipinski definition) is 1. The van der Waals surface area contributed by atoms with Gasteiger partial charge < -0.3 is 10.2 Å². The summed E-state index contributed by atoms with van der Waals surface area (Å²) in [5.41, 5.74) is 1.60. The van der Waals surface area contributed by atoms with Crippen LogP contribution in [0.1, 0.15) is 31.7 Å². The fourth-order valence-corrected chi connectivity index (χ4v) is 3.75. The van der Waals surface area contributed by atoms with E-state index < -0.39 is 0 Å². The molecule has 23 heavy (non-hydrogen) atoms. The number of likely N-dealkylation sites (tertiary alicyclic amines) is 1. The lowest BCUT2D eigenvalue weighted by Gasteiger charge is -2.41. The SMILES string of the molecule is C[C@]1(c2ccccc2)CCCN(CCCN2C(=O)CNC2=O)C1. The second-order valence-corrected chi connectivity index (χ2v) is 6.86. The van der Waals surface area contributed by atoms with Crippen molar-refractivity contribution in [2.75, 3.05) is 32.7 Å². The predicted molar refractivity (Wildman–Crippen MR) is 89.2 cm³/mol. The first-order valence-electron chi connectivity index (χ1n) is 8.45. The Morgan fingerprint density at radius 1 is 1.17 bits per heavy atom. The number of amides is 3. The normalized spacial score (nSPS) is 25.7. The maximum atomic E-state index is 11.6. The van der Waals surface area contributed by atoms with Crippen molar-refractivity contribution in [3.63, 3.8) is 0 Å². The third kappa shape index (κ3) is 3.55. The summed E-state index contributed by atoms with van der Waals surface area (Å²) in [5.74, 6) is -0.109. The highest BCUT2D eigenvalue weighted by Crippen LogP contribution is 2.33. The Labute approximate surface area is 137 Å². The van der Waals surface area contributed by atoms with Gasteiger partial charge in [0.25, 0.3) is 0 Å². The number of carbonyl (C=O) groups is 2. The van der Waals surface area contributed by atoms with Gasteiger partial charge in [-0.05, 0) is 37.9 Å². The first-order valence-corrected chi connectivity index (χ1v) is 8.45. The van der Waals surface area contributed by atoms with E-state index in [0.29, 0.717) is 6.54 Å². The molecule has 0 saturated carbocycles. The minimum atomic E-state index is -0.247. The van der Waals surface area contributed by atoms with Crippen LogP contribution < -0.4 is 5.32 Å². The third-order valence-electron chi connectivity index (χ3n) is 5.04. The van der Waals surface area contributed by atoms with Crippen LogP contribution in [-0.2, 0) is 10.2 Å². The van der Waals surface area contributed by atoms with Crippen LogP contribution >= 0.6 is 0 Å². The lowest BCUT2D eigenvalue weighted by molar-refractivity contribution is -0.125. The fraction of sp³-hybridized carbons (Fsp3) is 0.556. The van der Waals surface area contributed by atoms with E-state index >= 15 is 0 Å². The van der Waals surface area contributed by atoms with E-state index in [9.17, 15) is 9.59 Å². The van der Waals surface area contributed by atoms with Crippen molar-refractivity contribution in [2.45, 2.75) is 31.6 Å². The number of benzene rings is 1. The average Bonchev–Trinajstić information content (AvgIpc) is 2.88. The number of imide groups is 1. The predicted octanol–water partition coefficient (Wildman–Crippen LogP) is 1.98. The van der Waals surface area contributed by atoms with Gasteiger partial charge in [-0.25, -0.2) is 4.79 Å². The lowest BCUT2D eigenvalue weighted by Crippen LogP contribution is -2.45. The standard InChI is InChI=1S/C18H25N3O2/c1-18(15-7-3-2-4-8-15)9-5-10-20(14-18)11-6-12-21-16(22)13-19-17(21)23/h2-4,7-8H,5-6,9-14H2,1H3,(H,19,23)/t18-/m0/s1. The summed E-state index contributed by atoms with van der Waals surface area (Å²) in [4.78, 5) is 26.9. The average molecular weight is 315 g/mol. The van der Waals surface area contributed by atoms with Crippen molar-refractivity contribution in [3.05, 3.63) is 35.9 Å². The monoisotopic (exact) mass is 315 g/mol. The van der Waals surface area contributed by atoms with Crippen molar-refractivity contribution < 1.29 is 9.59 Å². The van der Waals surface area contributed by atoms with E-state index in [4.69, 9.17) is 0 Å². The van der Waals surface area contributed by atoms with E-state index in [2.05, 4.69) is 47.5 Å². The lowest BCUT2D eigenvalue weighted by atomic mass is 9.76. The van der Waals surface area contributed by atoms with E-state index in [0.717, 1.165) is 26.1 Å². The van der Waals surface area contributed by atoms with Gasteiger partial charge in [0.1, 0.15) is 0 Å². The van der Waals surface area contributed by atoms with Crippen molar-refractivity contribution >= 4 is 11.9 Å². The third-order valence-corrected chi connectivity index (χ3v) is 5.04. The summed E-state index contributed by atoms with van der Waals surface area (Å²) in [7, 11) is 0. The second-order valence-electron chi connectivity index (χ2n) is 6.86. The van der Waals surface area contributed by atoms with Gasteiger partial charge in [0.2, 0.25) is 5.91 Å². The molecule has 2 saturated heterocycles. The molecule has 2 fully saturated rings. The number of hydrogen-bond acceptors (Lipinski definition) is 3. The smallest absolute Gasteiger partial charge is 0.324 e. The zero-order chi connectivity index (χ0) is 16.3. The van der Waals surface area contributed by atoms with Gasteiger partial charge in [-0.2, -0.15) is 0 Å². The number of urea groups is 1. The van der Waals surface area contributed by atoms with Crippen LogP contribution in [0.25, 0.3) is 0 Å². The molecule has 2 heterocycles. The van der Waals surface area contributed by atoms with Crippen LogP contribution in [0.4, 0.5) is 4.79 Å². The van der Waals surface area contributed by atoms with Gasteiger partial charge >= 0.3 is 6.03 Å². The molecule has 1 aromatic carbocycles. The molecule has 1 atom stereocenters. The van der Waals surface area contributed by atoms with Gasteiger partial charge in [0.15, 0.2) is 0 Å². The van der Waals surface area contributed by atoms with E-state index in [-0.39, 0.29) is 23.9 Å². The Morgan fingerprint density at radius 2 is 1.96 bits per heavy atom. The first kappa shape index (κ1) is 16.0. The molecule has 0 radical (unpaired) electrons. The number of rotatable bonds is 5. The number of nitrogens with zero attached hydrogens (tertiary/aromatic N) is 2. The zero-order valence-electron chi connectivity index (χ0n) is 13.8. The van der Waals surface area contributed by atoms with Gasteiger partial charge in [0, 0.05) is 18.5 Å². The Morgan fingerprint density at radius 3 is 2.65 bits per heavy atom. The van der Waals surface area contributed by atoms with Gasteiger partial charge in [-0.3, -0.25) is 9.69 Å². The number of nitrogens with one attached hydrogen (secondary N) is 1.